The summed E-state index contributed by atoms with van der Waals surface area (Å²) in [5.41, 5.74) is 1.92. The summed E-state index contributed by atoms with van der Waals surface area (Å²) in [6, 6.07) is 4.58. The first-order valence-corrected chi connectivity index (χ1v) is 9.20. The maximum Gasteiger partial charge on any atom is 0.241 e. The molecule has 1 aromatic carbocycles. The Morgan fingerprint density at radius 2 is 1.86 bits per heavy atom. The lowest BCUT2D eigenvalue weighted by atomic mass is 9.88. The molecule has 1 aliphatic heterocycles. The standard InChI is InChI=1S/C16H22N2O3S/c1-16(2)10-17-15(19)14(16)18-22(20,21)13-8-7-11-5-3-4-6-12(11)9-13/h7-9,14,18H,3-6,10H2,1-2H3,(H,17,19)/t14-/m1/s1. The zero-order valence-corrected chi connectivity index (χ0v) is 13.8. The first kappa shape index (κ1) is 15.5. The van der Waals surface area contributed by atoms with Gasteiger partial charge in [-0.1, -0.05) is 19.9 Å². The van der Waals surface area contributed by atoms with Gasteiger partial charge in [0.05, 0.1) is 4.90 Å². The van der Waals surface area contributed by atoms with Gasteiger partial charge in [-0.3, -0.25) is 4.79 Å². The quantitative estimate of drug-likeness (QED) is 0.882. The zero-order valence-electron chi connectivity index (χ0n) is 13.0. The molecule has 0 radical (unpaired) electrons. The number of carbonyl (C=O) groups excluding carboxylic acids is 1. The Morgan fingerprint density at radius 3 is 2.50 bits per heavy atom. The van der Waals surface area contributed by atoms with Crippen LogP contribution in [0.1, 0.15) is 37.8 Å². The van der Waals surface area contributed by atoms with Crippen LogP contribution in [0.5, 0.6) is 0 Å². The van der Waals surface area contributed by atoms with E-state index in [0.717, 1.165) is 31.2 Å². The van der Waals surface area contributed by atoms with E-state index in [0.29, 0.717) is 6.54 Å². The van der Waals surface area contributed by atoms with Crippen molar-refractivity contribution in [3.05, 3.63) is 29.3 Å². The second kappa shape index (κ2) is 5.35. The second-order valence-corrected chi connectivity index (χ2v) is 8.61. The number of aryl methyl sites for hydroxylation is 2. The molecule has 1 atom stereocenters. The number of amides is 1. The number of fused-ring (bicyclic) bond motifs is 1. The Balaban J connectivity index is 1.88. The van der Waals surface area contributed by atoms with Gasteiger partial charge >= 0.3 is 0 Å². The minimum absolute atomic E-state index is 0.253. The fourth-order valence-electron chi connectivity index (χ4n) is 3.19. The molecule has 2 aliphatic rings. The molecule has 1 aromatic rings. The van der Waals surface area contributed by atoms with Crippen LogP contribution in [-0.2, 0) is 27.7 Å². The van der Waals surface area contributed by atoms with Crippen LogP contribution in [0.15, 0.2) is 23.1 Å². The number of carbonyl (C=O) groups is 1. The van der Waals surface area contributed by atoms with Crippen molar-refractivity contribution in [3.63, 3.8) is 0 Å². The molecule has 1 saturated heterocycles. The van der Waals surface area contributed by atoms with E-state index in [9.17, 15) is 13.2 Å². The maximum atomic E-state index is 12.6. The van der Waals surface area contributed by atoms with Gasteiger partial charge in [-0.05, 0) is 48.9 Å². The minimum atomic E-state index is -3.69. The highest BCUT2D eigenvalue weighted by atomic mass is 32.2. The first-order valence-electron chi connectivity index (χ1n) is 7.71. The van der Waals surface area contributed by atoms with Crippen LogP contribution < -0.4 is 10.0 Å². The van der Waals surface area contributed by atoms with Gasteiger partial charge in [0.1, 0.15) is 6.04 Å². The van der Waals surface area contributed by atoms with Crippen molar-refractivity contribution in [2.45, 2.75) is 50.5 Å². The molecule has 5 nitrogen and oxygen atoms in total. The van der Waals surface area contributed by atoms with Crippen molar-refractivity contribution in [1.82, 2.24) is 10.0 Å². The predicted molar refractivity (Wildman–Crippen MR) is 84.0 cm³/mol. The summed E-state index contributed by atoms with van der Waals surface area (Å²) in [6.07, 6.45) is 4.20. The van der Waals surface area contributed by atoms with Crippen LogP contribution in [0.2, 0.25) is 0 Å². The fourth-order valence-corrected chi connectivity index (χ4v) is 4.60. The van der Waals surface area contributed by atoms with Gasteiger partial charge in [0, 0.05) is 12.0 Å². The van der Waals surface area contributed by atoms with E-state index in [-0.39, 0.29) is 10.8 Å². The number of sulfonamides is 1. The van der Waals surface area contributed by atoms with Crippen molar-refractivity contribution >= 4 is 15.9 Å². The Bertz CT molecular complexity index is 710. The van der Waals surface area contributed by atoms with Crippen LogP contribution in [0.3, 0.4) is 0 Å². The van der Waals surface area contributed by atoms with E-state index in [4.69, 9.17) is 0 Å². The molecule has 0 saturated carbocycles. The zero-order chi connectivity index (χ0) is 16.0. The highest BCUT2D eigenvalue weighted by Crippen LogP contribution is 2.28. The number of benzene rings is 1. The third-order valence-corrected chi connectivity index (χ3v) is 6.09. The molecule has 1 heterocycles. The van der Waals surface area contributed by atoms with Gasteiger partial charge in [-0.2, -0.15) is 4.72 Å². The minimum Gasteiger partial charge on any atom is -0.354 e. The molecule has 0 aromatic heterocycles. The SMILES string of the molecule is CC1(C)CNC(=O)[C@H]1NS(=O)(=O)c1ccc2c(c1)CCCC2. The van der Waals surface area contributed by atoms with Crippen molar-refractivity contribution in [3.8, 4) is 0 Å². The molecule has 22 heavy (non-hydrogen) atoms. The molecule has 3 rings (SSSR count). The Hall–Kier alpha value is -1.40. The highest BCUT2D eigenvalue weighted by Gasteiger charge is 2.43. The Morgan fingerprint density at radius 1 is 1.18 bits per heavy atom. The average Bonchev–Trinajstić information content (AvgIpc) is 2.73. The molecule has 120 valence electrons. The topological polar surface area (TPSA) is 75.3 Å². The van der Waals surface area contributed by atoms with E-state index in [1.807, 2.05) is 19.9 Å². The lowest BCUT2D eigenvalue weighted by Crippen LogP contribution is -2.46. The van der Waals surface area contributed by atoms with Gasteiger partial charge in [0.2, 0.25) is 15.9 Å². The number of hydrogen-bond acceptors (Lipinski definition) is 3. The molecule has 0 unspecified atom stereocenters. The smallest absolute Gasteiger partial charge is 0.241 e. The lowest BCUT2D eigenvalue weighted by Gasteiger charge is -2.24. The number of rotatable bonds is 3. The average molecular weight is 322 g/mol. The number of nitrogens with one attached hydrogen (secondary N) is 2. The van der Waals surface area contributed by atoms with Crippen LogP contribution in [0.25, 0.3) is 0 Å². The molecule has 1 amide bonds. The molecule has 0 bridgehead atoms. The third kappa shape index (κ3) is 2.77. The van der Waals surface area contributed by atoms with Gasteiger partial charge in [0.15, 0.2) is 0 Å². The van der Waals surface area contributed by atoms with E-state index in [2.05, 4.69) is 10.0 Å². The van der Waals surface area contributed by atoms with E-state index >= 15 is 0 Å². The summed E-state index contributed by atoms with van der Waals surface area (Å²) in [5.74, 6) is -0.258. The first-order chi connectivity index (χ1) is 10.3. The number of hydrogen-bond donors (Lipinski definition) is 2. The van der Waals surface area contributed by atoms with E-state index in [1.165, 1.54) is 5.56 Å². The van der Waals surface area contributed by atoms with Gasteiger partial charge in [-0.25, -0.2) is 8.42 Å². The molecular weight excluding hydrogens is 300 g/mol. The van der Waals surface area contributed by atoms with Crippen LogP contribution in [-0.4, -0.2) is 26.9 Å². The van der Waals surface area contributed by atoms with E-state index in [1.54, 1.807) is 12.1 Å². The molecule has 2 N–H and O–H groups in total. The Labute approximate surface area is 131 Å². The van der Waals surface area contributed by atoms with Crippen LogP contribution in [0.4, 0.5) is 0 Å². The Kier molecular flexibility index (Phi) is 3.77. The fraction of sp³-hybridized carbons (Fsp3) is 0.562. The second-order valence-electron chi connectivity index (χ2n) is 6.90. The van der Waals surface area contributed by atoms with Crippen LogP contribution in [0, 0.1) is 5.41 Å². The molecule has 0 spiro atoms. The van der Waals surface area contributed by atoms with Crippen molar-refractivity contribution in [2.75, 3.05) is 6.54 Å². The summed E-state index contributed by atoms with van der Waals surface area (Å²) < 4.78 is 27.8. The third-order valence-electron chi connectivity index (χ3n) is 4.67. The molecule has 6 heteroatoms. The monoisotopic (exact) mass is 322 g/mol. The largest absolute Gasteiger partial charge is 0.354 e. The van der Waals surface area contributed by atoms with Crippen molar-refractivity contribution in [2.24, 2.45) is 5.41 Å². The summed E-state index contributed by atoms with van der Waals surface area (Å²) in [5, 5.41) is 2.72. The van der Waals surface area contributed by atoms with Crippen LogP contribution >= 0.6 is 0 Å². The summed E-state index contributed by atoms with van der Waals surface area (Å²) in [7, 11) is -3.69. The highest BCUT2D eigenvalue weighted by molar-refractivity contribution is 7.89. The maximum absolute atomic E-state index is 12.6. The van der Waals surface area contributed by atoms with Gasteiger partial charge in [-0.15, -0.1) is 0 Å². The van der Waals surface area contributed by atoms with Gasteiger partial charge < -0.3 is 5.32 Å². The summed E-state index contributed by atoms with van der Waals surface area (Å²) >= 11 is 0. The predicted octanol–water partition coefficient (Wildman–Crippen LogP) is 1.37. The molecule has 1 aliphatic carbocycles. The normalized spacial score (nSPS) is 23.9. The lowest BCUT2D eigenvalue weighted by molar-refractivity contribution is -0.121. The van der Waals surface area contributed by atoms with E-state index < -0.39 is 21.5 Å². The van der Waals surface area contributed by atoms with Crippen molar-refractivity contribution < 1.29 is 13.2 Å². The summed E-state index contributed by atoms with van der Waals surface area (Å²) in [4.78, 5) is 12.1. The molecule has 1 fully saturated rings. The van der Waals surface area contributed by atoms with Crippen molar-refractivity contribution in [1.29, 1.82) is 0 Å². The van der Waals surface area contributed by atoms with Gasteiger partial charge in [0.25, 0.3) is 0 Å². The molecular formula is C16H22N2O3S. The summed E-state index contributed by atoms with van der Waals surface area (Å²) in [6.45, 7) is 4.24.